The first kappa shape index (κ1) is 17.6. The molecule has 1 atom stereocenters. The second-order valence-electron chi connectivity index (χ2n) is 4.22. The maximum atomic E-state index is 12.1. The zero-order valence-electron chi connectivity index (χ0n) is 11.8. The molecule has 0 aliphatic carbocycles. The molecule has 1 aromatic heterocycles. The lowest BCUT2D eigenvalue weighted by Gasteiger charge is -2.19. The third-order valence-electron chi connectivity index (χ3n) is 2.70. The Balaban J connectivity index is 2.92. The van der Waals surface area contributed by atoms with E-state index >= 15 is 0 Å². The number of anilines is 1. The summed E-state index contributed by atoms with van der Waals surface area (Å²) in [6.45, 7) is 0.107. The van der Waals surface area contributed by atoms with Crippen LogP contribution in [-0.2, 0) is 20.8 Å². The van der Waals surface area contributed by atoms with Gasteiger partial charge in [0.15, 0.2) is 0 Å². The predicted octanol–water partition coefficient (Wildman–Crippen LogP) is -0.0119. The van der Waals surface area contributed by atoms with Crippen molar-refractivity contribution in [3.8, 4) is 0 Å². The third-order valence-corrected chi connectivity index (χ3v) is 3.46. The summed E-state index contributed by atoms with van der Waals surface area (Å²) in [7, 11) is 2.79. The first-order valence-electron chi connectivity index (χ1n) is 6.22. The average molecular weight is 364 g/mol. The van der Waals surface area contributed by atoms with Gasteiger partial charge in [0, 0.05) is 13.7 Å². The van der Waals surface area contributed by atoms with Crippen molar-refractivity contribution in [3.05, 3.63) is 21.0 Å². The number of ether oxygens (including phenoxy) is 2. The van der Waals surface area contributed by atoms with E-state index in [1.165, 1.54) is 13.3 Å². The molecule has 8 nitrogen and oxygen atoms in total. The van der Waals surface area contributed by atoms with Crippen molar-refractivity contribution >= 4 is 27.6 Å². The van der Waals surface area contributed by atoms with Crippen molar-refractivity contribution in [2.24, 2.45) is 0 Å². The van der Waals surface area contributed by atoms with E-state index in [0.29, 0.717) is 18.7 Å². The largest absolute Gasteiger partial charge is 0.468 e. The number of nitrogens with one attached hydrogen (secondary N) is 1. The highest BCUT2D eigenvalue weighted by molar-refractivity contribution is 9.10. The molecule has 0 radical (unpaired) electrons. The minimum atomic E-state index is -0.560. The molecule has 0 bridgehead atoms. The van der Waals surface area contributed by atoms with Gasteiger partial charge in [-0.15, -0.1) is 0 Å². The molecular weight excluding hydrogens is 346 g/mol. The van der Waals surface area contributed by atoms with E-state index in [1.54, 1.807) is 7.11 Å². The van der Waals surface area contributed by atoms with Crippen molar-refractivity contribution in [1.82, 2.24) is 9.78 Å². The second-order valence-corrected chi connectivity index (χ2v) is 5.01. The highest BCUT2D eigenvalue weighted by Crippen LogP contribution is 2.18. The van der Waals surface area contributed by atoms with E-state index < -0.39 is 11.5 Å². The number of hydrogen-bond donors (Lipinski definition) is 2. The summed E-state index contributed by atoms with van der Waals surface area (Å²) in [6, 6.07) is -0.158. The molecule has 1 unspecified atom stereocenters. The Labute approximate surface area is 130 Å². The normalized spacial score (nSPS) is 12.0. The lowest BCUT2D eigenvalue weighted by molar-refractivity contribution is -0.141. The smallest absolute Gasteiger partial charge is 0.327 e. The van der Waals surface area contributed by atoms with Crippen molar-refractivity contribution in [1.29, 1.82) is 0 Å². The molecule has 0 aliphatic rings. The number of rotatable bonds is 8. The van der Waals surface area contributed by atoms with Crippen molar-refractivity contribution in [2.45, 2.75) is 19.0 Å². The van der Waals surface area contributed by atoms with E-state index in [0.717, 1.165) is 4.68 Å². The van der Waals surface area contributed by atoms with Gasteiger partial charge in [-0.05, 0) is 22.4 Å². The minimum Gasteiger partial charge on any atom is -0.468 e. The van der Waals surface area contributed by atoms with Gasteiger partial charge in [0.1, 0.15) is 11.0 Å². The van der Waals surface area contributed by atoms with E-state index in [9.17, 15) is 9.59 Å². The lowest BCUT2D eigenvalue weighted by atomic mass is 10.2. The van der Waals surface area contributed by atoms with Crippen LogP contribution in [0.5, 0.6) is 0 Å². The average Bonchev–Trinajstić information content (AvgIpc) is 2.47. The molecule has 21 heavy (non-hydrogen) atoms. The molecule has 0 saturated heterocycles. The van der Waals surface area contributed by atoms with Crippen LogP contribution in [0.3, 0.4) is 0 Å². The van der Waals surface area contributed by atoms with Crippen LogP contribution < -0.4 is 10.9 Å². The molecular formula is C12H18BrN3O5. The molecule has 1 rings (SSSR count). The van der Waals surface area contributed by atoms with Crippen LogP contribution >= 0.6 is 15.9 Å². The highest BCUT2D eigenvalue weighted by Gasteiger charge is 2.15. The summed E-state index contributed by atoms with van der Waals surface area (Å²) in [5, 5.41) is 16.0. The maximum Gasteiger partial charge on any atom is 0.327 e. The van der Waals surface area contributed by atoms with Crippen molar-refractivity contribution in [3.63, 3.8) is 0 Å². The Morgan fingerprint density at radius 2 is 2.29 bits per heavy atom. The minimum absolute atomic E-state index is 0.00845. The molecule has 0 spiro atoms. The Hall–Kier alpha value is -1.45. The standard InChI is InChI=1S/C12H18BrN3O5/c1-20-7-8(3-4-17)15-9-5-14-16(6-10(18)21-2)12(19)11(9)13/h5,8,15,17H,3-4,6-7H2,1-2H3. The third kappa shape index (κ3) is 5.10. The van der Waals surface area contributed by atoms with Gasteiger partial charge in [-0.3, -0.25) is 9.59 Å². The van der Waals surface area contributed by atoms with Gasteiger partial charge in [-0.2, -0.15) is 5.10 Å². The first-order chi connectivity index (χ1) is 10.0. The molecule has 0 amide bonds. The fraction of sp³-hybridized carbons (Fsp3) is 0.583. The number of carbonyl (C=O) groups is 1. The molecule has 2 N–H and O–H groups in total. The molecule has 118 valence electrons. The van der Waals surface area contributed by atoms with Gasteiger partial charge in [0.2, 0.25) is 0 Å². The van der Waals surface area contributed by atoms with Crippen LogP contribution in [0.4, 0.5) is 5.69 Å². The number of aliphatic hydroxyl groups is 1. The van der Waals surface area contributed by atoms with E-state index in [-0.39, 0.29) is 23.7 Å². The maximum absolute atomic E-state index is 12.1. The first-order valence-corrected chi connectivity index (χ1v) is 7.01. The topological polar surface area (TPSA) is 103 Å². The number of methoxy groups -OCH3 is 2. The second kappa shape index (κ2) is 8.75. The van der Waals surface area contributed by atoms with Gasteiger partial charge >= 0.3 is 5.97 Å². The molecule has 0 aliphatic heterocycles. The summed E-state index contributed by atoms with van der Waals surface area (Å²) in [4.78, 5) is 23.2. The van der Waals surface area contributed by atoms with E-state index in [1.807, 2.05) is 0 Å². The molecule has 1 aromatic rings. The monoisotopic (exact) mass is 363 g/mol. The van der Waals surface area contributed by atoms with Gasteiger partial charge in [0.25, 0.3) is 5.56 Å². The molecule has 0 fully saturated rings. The van der Waals surface area contributed by atoms with Crippen LogP contribution in [-0.4, -0.2) is 54.3 Å². The van der Waals surface area contributed by atoms with E-state index in [4.69, 9.17) is 9.84 Å². The number of nitrogens with zero attached hydrogens (tertiary/aromatic N) is 2. The Kier molecular flexibility index (Phi) is 7.34. The Morgan fingerprint density at radius 3 is 2.86 bits per heavy atom. The van der Waals surface area contributed by atoms with Crippen LogP contribution in [0.1, 0.15) is 6.42 Å². The summed E-state index contributed by atoms with van der Waals surface area (Å²) in [5.74, 6) is -0.560. The summed E-state index contributed by atoms with van der Waals surface area (Å²) < 4.78 is 10.8. The SMILES string of the molecule is COCC(CCO)Nc1cnn(CC(=O)OC)c(=O)c1Br. The van der Waals surface area contributed by atoms with Crippen molar-refractivity contribution < 1.29 is 19.4 Å². The molecule has 1 heterocycles. The Bertz CT molecular complexity index is 528. The Morgan fingerprint density at radius 1 is 1.57 bits per heavy atom. The zero-order valence-corrected chi connectivity index (χ0v) is 13.4. The van der Waals surface area contributed by atoms with Crippen molar-refractivity contribution in [2.75, 3.05) is 32.8 Å². The molecule has 0 saturated carbocycles. The highest BCUT2D eigenvalue weighted by atomic mass is 79.9. The van der Waals surface area contributed by atoms with Gasteiger partial charge in [-0.25, -0.2) is 4.68 Å². The molecule has 0 aromatic carbocycles. The predicted molar refractivity (Wildman–Crippen MR) is 79.2 cm³/mol. The van der Waals surface area contributed by atoms with Crippen LogP contribution in [0, 0.1) is 0 Å². The fourth-order valence-electron chi connectivity index (χ4n) is 1.64. The summed E-state index contributed by atoms with van der Waals surface area (Å²) in [5.41, 5.74) is 0.0159. The van der Waals surface area contributed by atoms with Crippen LogP contribution in [0.2, 0.25) is 0 Å². The van der Waals surface area contributed by atoms with Crippen LogP contribution in [0.15, 0.2) is 15.5 Å². The van der Waals surface area contributed by atoms with Crippen LogP contribution in [0.25, 0.3) is 0 Å². The lowest BCUT2D eigenvalue weighted by Crippen LogP contribution is -2.31. The number of aromatic nitrogens is 2. The summed E-state index contributed by atoms with van der Waals surface area (Å²) >= 11 is 3.18. The fourth-order valence-corrected chi connectivity index (χ4v) is 2.06. The number of halogens is 1. The number of hydrogen-bond acceptors (Lipinski definition) is 7. The number of esters is 1. The quantitative estimate of drug-likeness (QED) is 0.626. The van der Waals surface area contributed by atoms with Gasteiger partial charge < -0.3 is 19.9 Å². The van der Waals surface area contributed by atoms with E-state index in [2.05, 4.69) is 31.1 Å². The van der Waals surface area contributed by atoms with Gasteiger partial charge in [-0.1, -0.05) is 0 Å². The zero-order chi connectivity index (χ0) is 15.8. The van der Waals surface area contributed by atoms with Gasteiger partial charge in [0.05, 0.1) is 31.6 Å². The summed E-state index contributed by atoms with van der Waals surface area (Å²) in [6.07, 6.45) is 1.89. The number of carbonyl (C=O) groups excluding carboxylic acids is 1. The number of aliphatic hydroxyl groups excluding tert-OH is 1. The molecule has 9 heteroatoms.